The number of benzene rings is 2. The van der Waals surface area contributed by atoms with Gasteiger partial charge in [-0.05, 0) is 40.7 Å². The smallest absolute Gasteiger partial charge is 0.0762 e. The van der Waals surface area contributed by atoms with Crippen molar-refractivity contribution < 1.29 is 5.11 Å². The molecule has 1 nitrogen and oxygen atoms in total. The molecule has 1 heteroatoms. The summed E-state index contributed by atoms with van der Waals surface area (Å²) >= 11 is 0. The van der Waals surface area contributed by atoms with E-state index in [0.29, 0.717) is 0 Å². The molecule has 0 fully saturated rings. The second-order valence-electron chi connectivity index (χ2n) is 6.13. The summed E-state index contributed by atoms with van der Waals surface area (Å²) in [5, 5.41) is 9.65. The van der Waals surface area contributed by atoms with E-state index in [1.807, 2.05) is 12.1 Å². The van der Waals surface area contributed by atoms with E-state index in [2.05, 4.69) is 57.2 Å². The molecule has 1 atom stereocenters. The molecule has 2 aromatic rings. The average molecular weight is 254 g/mol. The topological polar surface area (TPSA) is 20.2 Å². The van der Waals surface area contributed by atoms with E-state index in [1.165, 1.54) is 11.1 Å². The molecular weight excluding hydrogens is 232 g/mol. The minimum absolute atomic E-state index is 0.181. The van der Waals surface area contributed by atoms with Crippen LogP contribution in [0, 0.1) is 0 Å². The van der Waals surface area contributed by atoms with Gasteiger partial charge in [-0.25, -0.2) is 0 Å². The van der Waals surface area contributed by atoms with Gasteiger partial charge in [0.15, 0.2) is 0 Å². The molecule has 0 aliphatic carbocycles. The summed E-state index contributed by atoms with van der Waals surface area (Å²) in [6.07, 6.45) is -0.422. The molecule has 0 aliphatic heterocycles. The Morgan fingerprint density at radius 2 is 1.53 bits per heavy atom. The van der Waals surface area contributed by atoms with Crippen molar-refractivity contribution in [3.05, 3.63) is 59.7 Å². The zero-order chi connectivity index (χ0) is 14.0. The van der Waals surface area contributed by atoms with E-state index in [0.717, 1.165) is 11.1 Å². The minimum atomic E-state index is -0.422. The van der Waals surface area contributed by atoms with Crippen LogP contribution in [-0.2, 0) is 5.41 Å². The molecule has 0 aliphatic rings. The van der Waals surface area contributed by atoms with Gasteiger partial charge in [0.25, 0.3) is 0 Å². The third kappa shape index (κ3) is 3.24. The molecule has 0 saturated carbocycles. The highest BCUT2D eigenvalue weighted by Crippen LogP contribution is 2.27. The highest BCUT2D eigenvalue weighted by molar-refractivity contribution is 5.64. The molecule has 0 spiro atoms. The fourth-order valence-corrected chi connectivity index (χ4v) is 2.14. The summed E-state index contributed by atoms with van der Waals surface area (Å²) in [7, 11) is 0. The van der Waals surface area contributed by atoms with Crippen molar-refractivity contribution in [2.45, 2.75) is 39.2 Å². The lowest BCUT2D eigenvalue weighted by Crippen LogP contribution is -2.10. The van der Waals surface area contributed by atoms with Crippen LogP contribution in [0.25, 0.3) is 11.1 Å². The zero-order valence-corrected chi connectivity index (χ0v) is 12.1. The van der Waals surface area contributed by atoms with Crippen molar-refractivity contribution in [2.75, 3.05) is 0 Å². The maximum Gasteiger partial charge on any atom is 0.0762 e. The van der Waals surface area contributed by atoms with Crippen LogP contribution in [0.2, 0.25) is 0 Å². The Morgan fingerprint density at radius 3 is 2.05 bits per heavy atom. The predicted octanol–water partition coefficient (Wildman–Crippen LogP) is 4.70. The number of rotatable bonds is 2. The van der Waals surface area contributed by atoms with Crippen LogP contribution in [0.5, 0.6) is 0 Å². The zero-order valence-electron chi connectivity index (χ0n) is 12.1. The summed E-state index contributed by atoms with van der Waals surface area (Å²) in [5.41, 5.74) is 4.81. The van der Waals surface area contributed by atoms with Gasteiger partial charge >= 0.3 is 0 Å². The van der Waals surface area contributed by atoms with E-state index in [9.17, 15) is 5.11 Å². The van der Waals surface area contributed by atoms with E-state index in [1.54, 1.807) is 6.92 Å². The maximum absolute atomic E-state index is 9.65. The van der Waals surface area contributed by atoms with Crippen molar-refractivity contribution in [2.24, 2.45) is 0 Å². The second-order valence-corrected chi connectivity index (χ2v) is 6.13. The van der Waals surface area contributed by atoms with E-state index < -0.39 is 6.10 Å². The first-order valence-electron chi connectivity index (χ1n) is 6.77. The van der Waals surface area contributed by atoms with Gasteiger partial charge in [0.2, 0.25) is 0 Å². The maximum atomic E-state index is 9.65. The number of aliphatic hydroxyl groups is 1. The molecule has 0 saturated heterocycles. The van der Waals surface area contributed by atoms with Crippen LogP contribution in [-0.4, -0.2) is 5.11 Å². The molecular formula is C18H22O. The lowest BCUT2D eigenvalue weighted by atomic mass is 9.86. The van der Waals surface area contributed by atoms with Gasteiger partial charge in [0.05, 0.1) is 6.10 Å². The van der Waals surface area contributed by atoms with E-state index >= 15 is 0 Å². The molecule has 0 amide bonds. The van der Waals surface area contributed by atoms with E-state index in [4.69, 9.17) is 0 Å². The fraction of sp³-hybridized carbons (Fsp3) is 0.333. The lowest BCUT2D eigenvalue weighted by molar-refractivity contribution is 0.199. The van der Waals surface area contributed by atoms with Gasteiger partial charge in [-0.15, -0.1) is 0 Å². The van der Waals surface area contributed by atoms with Gasteiger partial charge in [-0.2, -0.15) is 0 Å². The Kier molecular flexibility index (Phi) is 3.77. The van der Waals surface area contributed by atoms with Crippen molar-refractivity contribution in [1.82, 2.24) is 0 Å². The van der Waals surface area contributed by atoms with Gasteiger partial charge in [0.1, 0.15) is 0 Å². The van der Waals surface area contributed by atoms with Gasteiger partial charge < -0.3 is 5.11 Å². The first kappa shape index (κ1) is 13.8. The van der Waals surface area contributed by atoms with Crippen LogP contribution in [0.4, 0.5) is 0 Å². The standard InChI is InChI=1S/C18H22O/c1-13(19)15-6-5-7-16(12-15)14-8-10-17(11-9-14)18(2,3)4/h5-13,19H,1-4H3. The third-order valence-electron chi connectivity index (χ3n) is 3.45. The Hall–Kier alpha value is -1.60. The monoisotopic (exact) mass is 254 g/mol. The number of aliphatic hydroxyl groups excluding tert-OH is 1. The molecule has 2 aromatic carbocycles. The van der Waals surface area contributed by atoms with Crippen LogP contribution in [0.3, 0.4) is 0 Å². The van der Waals surface area contributed by atoms with Crippen molar-refractivity contribution in [3.8, 4) is 11.1 Å². The van der Waals surface area contributed by atoms with Gasteiger partial charge in [0, 0.05) is 0 Å². The lowest BCUT2D eigenvalue weighted by Gasteiger charge is -2.19. The normalized spacial score (nSPS) is 13.3. The van der Waals surface area contributed by atoms with Crippen LogP contribution in [0.15, 0.2) is 48.5 Å². The van der Waals surface area contributed by atoms with Crippen LogP contribution < -0.4 is 0 Å². The Morgan fingerprint density at radius 1 is 0.895 bits per heavy atom. The first-order valence-corrected chi connectivity index (χ1v) is 6.77. The minimum Gasteiger partial charge on any atom is -0.389 e. The van der Waals surface area contributed by atoms with E-state index in [-0.39, 0.29) is 5.41 Å². The molecule has 19 heavy (non-hydrogen) atoms. The molecule has 0 bridgehead atoms. The van der Waals surface area contributed by atoms with Crippen LogP contribution in [0.1, 0.15) is 44.9 Å². The Balaban J connectivity index is 2.35. The third-order valence-corrected chi connectivity index (χ3v) is 3.45. The summed E-state index contributed by atoms with van der Waals surface area (Å²) < 4.78 is 0. The van der Waals surface area contributed by atoms with Crippen molar-refractivity contribution in [3.63, 3.8) is 0 Å². The summed E-state index contributed by atoms with van der Waals surface area (Å²) in [4.78, 5) is 0. The molecule has 0 aromatic heterocycles. The van der Waals surface area contributed by atoms with Gasteiger partial charge in [-0.3, -0.25) is 0 Å². The van der Waals surface area contributed by atoms with Crippen molar-refractivity contribution >= 4 is 0 Å². The number of hydrogen-bond acceptors (Lipinski definition) is 1. The summed E-state index contributed by atoms with van der Waals surface area (Å²) in [5.74, 6) is 0. The molecule has 2 rings (SSSR count). The van der Waals surface area contributed by atoms with Crippen molar-refractivity contribution in [1.29, 1.82) is 0 Å². The predicted molar refractivity (Wildman–Crippen MR) is 81.2 cm³/mol. The molecule has 0 radical (unpaired) electrons. The average Bonchev–Trinajstić information content (AvgIpc) is 2.38. The van der Waals surface area contributed by atoms with Gasteiger partial charge in [-0.1, -0.05) is 63.2 Å². The summed E-state index contributed by atoms with van der Waals surface area (Å²) in [6.45, 7) is 8.45. The second kappa shape index (κ2) is 5.18. The molecule has 1 N–H and O–H groups in total. The SMILES string of the molecule is CC(O)c1cccc(-c2ccc(C(C)(C)C)cc2)c1. The molecule has 0 heterocycles. The summed E-state index contributed by atoms with van der Waals surface area (Å²) in [6, 6.07) is 16.8. The Bertz CT molecular complexity index is 545. The highest BCUT2D eigenvalue weighted by atomic mass is 16.3. The van der Waals surface area contributed by atoms with Crippen LogP contribution >= 0.6 is 0 Å². The largest absolute Gasteiger partial charge is 0.389 e. The molecule has 100 valence electrons. The molecule has 1 unspecified atom stereocenters. The number of hydrogen-bond donors (Lipinski definition) is 1. The fourth-order valence-electron chi connectivity index (χ4n) is 2.14. The Labute approximate surface area is 115 Å². The first-order chi connectivity index (χ1) is 8.88. The highest BCUT2D eigenvalue weighted by Gasteiger charge is 2.13. The quantitative estimate of drug-likeness (QED) is 0.823.